The lowest BCUT2D eigenvalue weighted by molar-refractivity contribution is -0.145. The number of nitrogens with zero attached hydrogens (tertiary/aromatic N) is 1. The average molecular weight is 383 g/mol. The zero-order valence-corrected chi connectivity index (χ0v) is 15.4. The Morgan fingerprint density at radius 2 is 1.92 bits per heavy atom. The molecule has 1 aromatic carbocycles. The van der Waals surface area contributed by atoms with E-state index in [0.717, 1.165) is 0 Å². The average Bonchev–Trinajstić information content (AvgIpc) is 2.99. The van der Waals surface area contributed by atoms with Crippen molar-refractivity contribution < 1.29 is 32.2 Å². The SMILES string of the molecule is C[C@@H]1CN(S(=O)(=O)c2cccc(C(=O)O[C@@H]3CCOC3=O)c2)C[C@H](C)O1. The summed E-state index contributed by atoms with van der Waals surface area (Å²) in [6.07, 6.45) is -1.07. The van der Waals surface area contributed by atoms with E-state index in [-0.39, 0.29) is 42.4 Å². The van der Waals surface area contributed by atoms with Crippen LogP contribution in [0.3, 0.4) is 0 Å². The van der Waals surface area contributed by atoms with Gasteiger partial charge >= 0.3 is 11.9 Å². The van der Waals surface area contributed by atoms with E-state index in [0.29, 0.717) is 6.42 Å². The number of cyclic esters (lactones) is 1. The Balaban J connectivity index is 1.79. The summed E-state index contributed by atoms with van der Waals surface area (Å²) < 4.78 is 42.6. The number of esters is 2. The number of carbonyl (C=O) groups excluding carboxylic acids is 2. The van der Waals surface area contributed by atoms with Crippen molar-refractivity contribution in [2.75, 3.05) is 19.7 Å². The third kappa shape index (κ3) is 3.89. The van der Waals surface area contributed by atoms with Crippen LogP contribution < -0.4 is 0 Å². The lowest BCUT2D eigenvalue weighted by Crippen LogP contribution is -2.48. The molecule has 0 spiro atoms. The van der Waals surface area contributed by atoms with Crippen LogP contribution in [0.1, 0.15) is 30.6 Å². The Bertz CT molecular complexity index is 797. The first-order valence-electron chi connectivity index (χ1n) is 8.40. The first-order chi connectivity index (χ1) is 12.3. The molecule has 0 aromatic heterocycles. The van der Waals surface area contributed by atoms with Gasteiger partial charge in [0.05, 0.1) is 29.3 Å². The second-order valence-corrected chi connectivity index (χ2v) is 8.40. The van der Waals surface area contributed by atoms with Crippen molar-refractivity contribution in [3.63, 3.8) is 0 Å². The van der Waals surface area contributed by atoms with Crippen LogP contribution in [0, 0.1) is 0 Å². The second kappa shape index (κ2) is 7.34. The van der Waals surface area contributed by atoms with Crippen LogP contribution in [0.15, 0.2) is 29.2 Å². The summed E-state index contributed by atoms with van der Waals surface area (Å²) in [4.78, 5) is 23.7. The minimum atomic E-state index is -3.77. The fraction of sp³-hybridized carbons (Fsp3) is 0.529. The molecule has 0 radical (unpaired) electrons. The summed E-state index contributed by atoms with van der Waals surface area (Å²) in [5.41, 5.74) is 0.0696. The predicted molar refractivity (Wildman–Crippen MR) is 90.0 cm³/mol. The molecule has 0 unspecified atom stereocenters. The van der Waals surface area contributed by atoms with Crippen molar-refractivity contribution in [2.45, 2.75) is 43.5 Å². The monoisotopic (exact) mass is 383 g/mol. The molecular weight excluding hydrogens is 362 g/mol. The smallest absolute Gasteiger partial charge is 0.347 e. The van der Waals surface area contributed by atoms with Gasteiger partial charge in [-0.05, 0) is 32.0 Å². The van der Waals surface area contributed by atoms with Gasteiger partial charge in [0.25, 0.3) is 0 Å². The molecular formula is C17H21NO7S. The van der Waals surface area contributed by atoms with Crippen molar-refractivity contribution in [1.82, 2.24) is 4.31 Å². The van der Waals surface area contributed by atoms with Gasteiger partial charge in [0.2, 0.25) is 16.1 Å². The number of sulfonamides is 1. The number of hydrogen-bond acceptors (Lipinski definition) is 7. The van der Waals surface area contributed by atoms with E-state index in [9.17, 15) is 18.0 Å². The molecule has 9 heteroatoms. The highest BCUT2D eigenvalue weighted by molar-refractivity contribution is 7.89. The Morgan fingerprint density at radius 1 is 1.23 bits per heavy atom. The quantitative estimate of drug-likeness (QED) is 0.714. The number of carbonyl (C=O) groups is 2. The summed E-state index contributed by atoms with van der Waals surface area (Å²) in [6, 6.07) is 5.62. The standard InChI is InChI=1S/C17H21NO7S/c1-11-9-18(10-12(2)24-11)26(21,22)14-5-3-4-13(8-14)16(19)25-15-6-7-23-17(15)20/h3-5,8,11-12,15H,6-7,9-10H2,1-2H3/t11-,12+,15-/m1/s1. The third-order valence-electron chi connectivity index (χ3n) is 4.23. The van der Waals surface area contributed by atoms with Crippen LogP contribution in [0.5, 0.6) is 0 Å². The van der Waals surface area contributed by atoms with E-state index < -0.39 is 28.1 Å². The van der Waals surface area contributed by atoms with Crippen LogP contribution in [0.25, 0.3) is 0 Å². The molecule has 2 heterocycles. The molecule has 0 bridgehead atoms. The molecule has 2 aliphatic heterocycles. The predicted octanol–water partition coefficient (Wildman–Crippen LogP) is 0.957. The molecule has 2 aliphatic rings. The van der Waals surface area contributed by atoms with Crippen molar-refractivity contribution in [3.8, 4) is 0 Å². The maximum absolute atomic E-state index is 12.9. The van der Waals surface area contributed by atoms with Crippen LogP contribution in [-0.4, -0.2) is 62.7 Å². The highest BCUT2D eigenvalue weighted by Gasteiger charge is 2.33. The highest BCUT2D eigenvalue weighted by Crippen LogP contribution is 2.22. The largest absolute Gasteiger partial charge is 0.463 e. The van der Waals surface area contributed by atoms with E-state index in [4.69, 9.17) is 14.2 Å². The van der Waals surface area contributed by atoms with Crippen LogP contribution in [-0.2, 0) is 29.0 Å². The fourth-order valence-corrected chi connectivity index (χ4v) is 4.68. The van der Waals surface area contributed by atoms with Gasteiger partial charge in [-0.3, -0.25) is 0 Å². The van der Waals surface area contributed by atoms with Gasteiger partial charge in [-0.25, -0.2) is 18.0 Å². The molecule has 1 aromatic rings. The Hall–Kier alpha value is -1.97. The summed E-state index contributed by atoms with van der Waals surface area (Å²) >= 11 is 0. The van der Waals surface area contributed by atoms with Crippen LogP contribution in [0.2, 0.25) is 0 Å². The fourth-order valence-electron chi connectivity index (χ4n) is 3.04. The van der Waals surface area contributed by atoms with Crippen LogP contribution in [0.4, 0.5) is 0 Å². The van der Waals surface area contributed by atoms with Gasteiger partial charge in [0.15, 0.2) is 0 Å². The molecule has 2 saturated heterocycles. The first-order valence-corrected chi connectivity index (χ1v) is 9.84. The number of benzene rings is 1. The number of rotatable bonds is 4. The lowest BCUT2D eigenvalue weighted by atomic mass is 10.2. The first kappa shape index (κ1) is 18.8. The van der Waals surface area contributed by atoms with Gasteiger partial charge in [0, 0.05) is 19.5 Å². The Morgan fingerprint density at radius 3 is 2.54 bits per heavy atom. The van der Waals surface area contributed by atoms with Gasteiger partial charge in [0.1, 0.15) is 0 Å². The van der Waals surface area contributed by atoms with Gasteiger partial charge in [-0.15, -0.1) is 0 Å². The molecule has 8 nitrogen and oxygen atoms in total. The molecule has 0 saturated carbocycles. The van der Waals surface area contributed by atoms with Gasteiger partial charge in [-0.1, -0.05) is 6.07 Å². The second-order valence-electron chi connectivity index (χ2n) is 6.46. The van der Waals surface area contributed by atoms with E-state index in [1.165, 1.54) is 28.6 Å². The maximum Gasteiger partial charge on any atom is 0.347 e. The van der Waals surface area contributed by atoms with Crippen molar-refractivity contribution in [2.24, 2.45) is 0 Å². The molecule has 0 aliphatic carbocycles. The molecule has 142 valence electrons. The summed E-state index contributed by atoms with van der Waals surface area (Å²) in [5, 5.41) is 0. The van der Waals surface area contributed by atoms with Crippen molar-refractivity contribution in [3.05, 3.63) is 29.8 Å². The van der Waals surface area contributed by atoms with Crippen molar-refractivity contribution >= 4 is 22.0 Å². The number of hydrogen-bond donors (Lipinski definition) is 0. The molecule has 0 amide bonds. The molecule has 2 fully saturated rings. The molecule has 3 atom stereocenters. The van der Waals surface area contributed by atoms with Gasteiger partial charge < -0.3 is 14.2 Å². The number of morpholine rings is 1. The zero-order valence-electron chi connectivity index (χ0n) is 14.6. The van der Waals surface area contributed by atoms with Gasteiger partial charge in [-0.2, -0.15) is 4.31 Å². The maximum atomic E-state index is 12.9. The third-order valence-corrected chi connectivity index (χ3v) is 6.06. The number of ether oxygens (including phenoxy) is 3. The molecule has 0 N–H and O–H groups in total. The van der Waals surface area contributed by atoms with Crippen LogP contribution >= 0.6 is 0 Å². The van der Waals surface area contributed by atoms with Crippen molar-refractivity contribution in [1.29, 1.82) is 0 Å². The topological polar surface area (TPSA) is 99.2 Å². The summed E-state index contributed by atoms with van der Waals surface area (Å²) in [5.74, 6) is -1.34. The minimum Gasteiger partial charge on any atom is -0.463 e. The lowest BCUT2D eigenvalue weighted by Gasteiger charge is -2.34. The summed E-state index contributed by atoms with van der Waals surface area (Å²) in [7, 11) is -3.77. The normalized spacial score (nSPS) is 27.2. The van der Waals surface area contributed by atoms with E-state index in [1.54, 1.807) is 0 Å². The van der Waals surface area contributed by atoms with E-state index >= 15 is 0 Å². The molecule has 26 heavy (non-hydrogen) atoms. The zero-order chi connectivity index (χ0) is 18.9. The minimum absolute atomic E-state index is 0.00208. The molecule has 3 rings (SSSR count). The highest BCUT2D eigenvalue weighted by atomic mass is 32.2. The Labute approximate surface area is 152 Å². The summed E-state index contributed by atoms with van der Waals surface area (Å²) in [6.45, 7) is 4.32. The Kier molecular flexibility index (Phi) is 5.31. The van der Waals surface area contributed by atoms with E-state index in [1.807, 2.05) is 13.8 Å². The van der Waals surface area contributed by atoms with E-state index in [2.05, 4.69) is 0 Å².